The van der Waals surface area contributed by atoms with E-state index in [9.17, 15) is 8.42 Å². The van der Waals surface area contributed by atoms with E-state index in [1.807, 2.05) is 24.4 Å². The molecule has 4 nitrogen and oxygen atoms in total. The third-order valence-electron chi connectivity index (χ3n) is 6.10. The van der Waals surface area contributed by atoms with Crippen molar-refractivity contribution in [1.29, 1.82) is 0 Å². The minimum Gasteiger partial charge on any atom is -0.296 e. The van der Waals surface area contributed by atoms with E-state index < -0.39 is 10.0 Å². The first kappa shape index (κ1) is 17.7. The zero-order chi connectivity index (χ0) is 19.3. The molecule has 0 radical (unpaired) electrons. The van der Waals surface area contributed by atoms with Crippen LogP contribution in [-0.2, 0) is 10.0 Å². The minimum atomic E-state index is -3.63. The van der Waals surface area contributed by atoms with Crippen molar-refractivity contribution in [2.75, 3.05) is 13.1 Å². The maximum Gasteiger partial charge on any atom is 0.268 e. The van der Waals surface area contributed by atoms with Gasteiger partial charge in [-0.25, -0.2) is 12.4 Å². The molecule has 1 aromatic heterocycles. The number of aromatic nitrogens is 1. The molecule has 0 aliphatic carbocycles. The lowest BCUT2D eigenvalue weighted by Crippen LogP contribution is -2.32. The molecule has 0 saturated carbocycles. The van der Waals surface area contributed by atoms with Gasteiger partial charge in [-0.15, -0.1) is 0 Å². The predicted molar refractivity (Wildman–Crippen MR) is 113 cm³/mol. The summed E-state index contributed by atoms with van der Waals surface area (Å²) in [6.07, 6.45) is 7.62. The first-order valence-corrected chi connectivity index (χ1v) is 11.3. The second kappa shape index (κ2) is 6.61. The molecule has 3 heterocycles. The summed E-state index contributed by atoms with van der Waals surface area (Å²) >= 11 is 0. The van der Waals surface area contributed by atoms with Gasteiger partial charge in [0.25, 0.3) is 10.0 Å². The van der Waals surface area contributed by atoms with Crippen molar-refractivity contribution in [3.63, 3.8) is 0 Å². The Hall–Kier alpha value is -2.37. The average Bonchev–Trinajstić information content (AvgIpc) is 3.32. The van der Waals surface area contributed by atoms with Crippen LogP contribution in [0.1, 0.15) is 30.4 Å². The lowest BCUT2D eigenvalue weighted by Gasteiger charge is -2.29. The maximum atomic E-state index is 13.3. The molecular weight excluding hydrogens is 368 g/mol. The van der Waals surface area contributed by atoms with E-state index in [1.54, 1.807) is 24.3 Å². The minimum absolute atomic E-state index is 0.318. The number of rotatable bonds is 3. The molecule has 1 atom stereocenters. The number of nitrogens with zero attached hydrogens (tertiary/aromatic N) is 2. The molecular formula is C23H24N2O2S. The van der Waals surface area contributed by atoms with Gasteiger partial charge in [0.05, 0.1) is 10.4 Å². The van der Waals surface area contributed by atoms with Gasteiger partial charge in [-0.05, 0) is 62.6 Å². The summed E-state index contributed by atoms with van der Waals surface area (Å²) in [7, 11) is -3.63. The Morgan fingerprint density at radius 1 is 1.07 bits per heavy atom. The van der Waals surface area contributed by atoms with Crippen molar-refractivity contribution in [1.82, 2.24) is 8.87 Å². The Bertz CT molecular complexity index is 1180. The standard InChI is InChI=1S/C23H24N2O2S/c1-17-9-10-23-21(14-17)22(18-11-13-24-12-5-6-19(24)15-18)16-25(23)28(26,27)20-7-3-2-4-8-20/h2-4,7-11,14,16,19H,5-6,12-13,15H2,1H3/t19-/m1/s1. The predicted octanol–water partition coefficient (Wildman–Crippen LogP) is 4.44. The summed E-state index contributed by atoms with van der Waals surface area (Å²) in [5.41, 5.74) is 4.23. The third kappa shape index (κ3) is 2.81. The lowest BCUT2D eigenvalue weighted by atomic mass is 9.93. The molecule has 2 aliphatic rings. The highest BCUT2D eigenvalue weighted by atomic mass is 32.2. The number of fused-ring (bicyclic) bond motifs is 2. The van der Waals surface area contributed by atoms with E-state index in [-0.39, 0.29) is 0 Å². The molecule has 0 N–H and O–H groups in total. The molecule has 1 fully saturated rings. The highest BCUT2D eigenvalue weighted by molar-refractivity contribution is 7.90. The van der Waals surface area contributed by atoms with Gasteiger partial charge in [0.15, 0.2) is 0 Å². The van der Waals surface area contributed by atoms with E-state index in [4.69, 9.17) is 0 Å². The van der Waals surface area contributed by atoms with Crippen LogP contribution in [0.15, 0.2) is 65.7 Å². The SMILES string of the molecule is Cc1ccc2c(c1)c(C1=CCN3CCC[C@@H]3C1)cn2S(=O)(=O)c1ccccc1. The molecule has 2 aromatic carbocycles. The molecule has 0 amide bonds. The summed E-state index contributed by atoms with van der Waals surface area (Å²) in [6.45, 7) is 4.20. The Balaban J connectivity index is 1.68. The first-order valence-electron chi connectivity index (χ1n) is 9.90. The maximum absolute atomic E-state index is 13.3. The summed E-state index contributed by atoms with van der Waals surface area (Å²) in [4.78, 5) is 2.85. The third-order valence-corrected chi connectivity index (χ3v) is 7.79. The van der Waals surface area contributed by atoms with Crippen molar-refractivity contribution in [3.8, 4) is 0 Å². The molecule has 5 rings (SSSR count). The van der Waals surface area contributed by atoms with E-state index in [1.165, 1.54) is 28.9 Å². The normalized spacial score (nSPS) is 20.3. The molecule has 0 unspecified atom stereocenters. The average molecular weight is 393 g/mol. The quantitative estimate of drug-likeness (QED) is 0.662. The zero-order valence-electron chi connectivity index (χ0n) is 16.0. The molecule has 0 bridgehead atoms. The van der Waals surface area contributed by atoms with E-state index >= 15 is 0 Å². The number of aryl methyl sites for hydroxylation is 1. The summed E-state index contributed by atoms with van der Waals surface area (Å²) in [5, 5.41) is 1.03. The van der Waals surface area contributed by atoms with Crippen molar-refractivity contribution in [3.05, 3.63) is 71.9 Å². The second-order valence-electron chi connectivity index (χ2n) is 7.90. The fraction of sp³-hybridized carbons (Fsp3) is 0.304. The fourth-order valence-electron chi connectivity index (χ4n) is 4.63. The molecule has 5 heteroatoms. The van der Waals surface area contributed by atoms with Crippen molar-refractivity contribution in [2.24, 2.45) is 0 Å². The van der Waals surface area contributed by atoms with Gasteiger partial charge >= 0.3 is 0 Å². The van der Waals surface area contributed by atoms with Crippen LogP contribution in [0.3, 0.4) is 0 Å². The second-order valence-corrected chi connectivity index (χ2v) is 9.72. The van der Waals surface area contributed by atoms with Gasteiger partial charge in [-0.1, -0.05) is 35.9 Å². The van der Waals surface area contributed by atoms with Crippen LogP contribution >= 0.6 is 0 Å². The summed E-state index contributed by atoms with van der Waals surface area (Å²) in [6, 6.07) is 15.3. The van der Waals surface area contributed by atoms with E-state index in [0.29, 0.717) is 10.9 Å². The van der Waals surface area contributed by atoms with Crippen LogP contribution < -0.4 is 0 Å². The van der Waals surface area contributed by atoms with Gasteiger partial charge in [0.2, 0.25) is 0 Å². The van der Waals surface area contributed by atoms with Crippen LogP contribution in [0.5, 0.6) is 0 Å². The van der Waals surface area contributed by atoms with Crippen LogP contribution in [0, 0.1) is 6.92 Å². The molecule has 28 heavy (non-hydrogen) atoms. The molecule has 144 valence electrons. The molecule has 3 aromatic rings. The Morgan fingerprint density at radius 3 is 2.71 bits per heavy atom. The summed E-state index contributed by atoms with van der Waals surface area (Å²) in [5.74, 6) is 0. The Labute approximate surface area is 166 Å². The molecule has 2 aliphatic heterocycles. The first-order chi connectivity index (χ1) is 13.5. The Morgan fingerprint density at radius 2 is 1.89 bits per heavy atom. The Kier molecular flexibility index (Phi) is 4.18. The topological polar surface area (TPSA) is 42.3 Å². The number of hydrogen-bond acceptors (Lipinski definition) is 3. The van der Waals surface area contributed by atoms with Gasteiger partial charge in [0, 0.05) is 29.7 Å². The monoisotopic (exact) mass is 392 g/mol. The van der Waals surface area contributed by atoms with Crippen LogP contribution in [0.2, 0.25) is 0 Å². The van der Waals surface area contributed by atoms with Gasteiger partial charge in [-0.2, -0.15) is 0 Å². The summed E-state index contributed by atoms with van der Waals surface area (Å²) < 4.78 is 28.2. The van der Waals surface area contributed by atoms with Crippen LogP contribution in [0.25, 0.3) is 16.5 Å². The van der Waals surface area contributed by atoms with Crippen molar-refractivity contribution in [2.45, 2.75) is 37.1 Å². The smallest absolute Gasteiger partial charge is 0.268 e. The van der Waals surface area contributed by atoms with Crippen LogP contribution in [0.4, 0.5) is 0 Å². The highest BCUT2D eigenvalue weighted by Crippen LogP contribution is 2.37. The molecule has 0 spiro atoms. The zero-order valence-corrected chi connectivity index (χ0v) is 16.8. The van der Waals surface area contributed by atoms with Crippen molar-refractivity contribution < 1.29 is 8.42 Å². The lowest BCUT2D eigenvalue weighted by molar-refractivity contribution is 0.275. The highest BCUT2D eigenvalue weighted by Gasteiger charge is 2.30. The fourth-order valence-corrected chi connectivity index (χ4v) is 6.02. The largest absolute Gasteiger partial charge is 0.296 e. The van der Waals surface area contributed by atoms with Crippen LogP contribution in [-0.4, -0.2) is 36.4 Å². The van der Waals surface area contributed by atoms with Crippen molar-refractivity contribution >= 4 is 26.5 Å². The van der Waals surface area contributed by atoms with E-state index in [0.717, 1.165) is 35.0 Å². The van der Waals surface area contributed by atoms with Gasteiger partial charge in [-0.3, -0.25) is 4.90 Å². The number of hydrogen-bond donors (Lipinski definition) is 0. The van der Waals surface area contributed by atoms with Gasteiger partial charge < -0.3 is 0 Å². The van der Waals surface area contributed by atoms with Gasteiger partial charge in [0.1, 0.15) is 0 Å². The molecule has 1 saturated heterocycles. The number of benzene rings is 2. The van der Waals surface area contributed by atoms with E-state index in [2.05, 4.69) is 24.0 Å².